The summed E-state index contributed by atoms with van der Waals surface area (Å²) in [7, 11) is 0. The van der Waals surface area contributed by atoms with Crippen molar-refractivity contribution < 1.29 is 18.0 Å². The normalized spacial score (nSPS) is 20.8. The van der Waals surface area contributed by atoms with Crippen molar-refractivity contribution in [1.29, 1.82) is 0 Å². The molecule has 0 saturated carbocycles. The SMILES string of the molecule is O=CC1CCCCN1c1ccc(C(F)(F)F)nn1. The maximum Gasteiger partial charge on any atom is 0.435 e. The first kappa shape index (κ1) is 12.8. The molecule has 0 aromatic carbocycles. The van der Waals surface area contributed by atoms with Crippen molar-refractivity contribution in [2.24, 2.45) is 0 Å². The minimum Gasteiger partial charge on any atom is -0.345 e. The number of aldehydes is 1. The molecule has 18 heavy (non-hydrogen) atoms. The summed E-state index contributed by atoms with van der Waals surface area (Å²) in [4.78, 5) is 12.6. The van der Waals surface area contributed by atoms with Crippen molar-refractivity contribution in [3.63, 3.8) is 0 Å². The summed E-state index contributed by atoms with van der Waals surface area (Å²) in [5, 5.41) is 6.73. The molecular weight excluding hydrogens is 247 g/mol. The molecule has 1 aromatic rings. The maximum absolute atomic E-state index is 12.3. The van der Waals surface area contributed by atoms with Crippen molar-refractivity contribution in [1.82, 2.24) is 10.2 Å². The van der Waals surface area contributed by atoms with Gasteiger partial charge in [-0.25, -0.2) is 0 Å². The number of rotatable bonds is 2. The zero-order valence-corrected chi connectivity index (χ0v) is 9.52. The highest BCUT2D eigenvalue weighted by atomic mass is 19.4. The lowest BCUT2D eigenvalue weighted by Gasteiger charge is -2.32. The van der Waals surface area contributed by atoms with Gasteiger partial charge in [0.1, 0.15) is 6.29 Å². The Morgan fingerprint density at radius 1 is 1.28 bits per heavy atom. The largest absolute Gasteiger partial charge is 0.435 e. The molecule has 4 nitrogen and oxygen atoms in total. The lowest BCUT2D eigenvalue weighted by atomic mass is 10.0. The van der Waals surface area contributed by atoms with Gasteiger partial charge in [0.15, 0.2) is 11.5 Å². The molecular formula is C11H12F3N3O. The monoisotopic (exact) mass is 259 g/mol. The van der Waals surface area contributed by atoms with Gasteiger partial charge in [-0.1, -0.05) is 0 Å². The first-order valence-corrected chi connectivity index (χ1v) is 5.65. The number of anilines is 1. The maximum atomic E-state index is 12.3. The Bertz CT molecular complexity index is 419. The molecule has 2 rings (SSSR count). The summed E-state index contributed by atoms with van der Waals surface area (Å²) in [6.45, 7) is 0.615. The Hall–Kier alpha value is -1.66. The number of aromatic nitrogens is 2. The number of hydrogen-bond donors (Lipinski definition) is 0. The van der Waals surface area contributed by atoms with Crippen LogP contribution in [0.5, 0.6) is 0 Å². The van der Waals surface area contributed by atoms with Crippen LogP contribution in [0.1, 0.15) is 25.0 Å². The Balaban J connectivity index is 2.20. The average molecular weight is 259 g/mol. The number of nitrogens with zero attached hydrogens (tertiary/aromatic N) is 3. The Morgan fingerprint density at radius 3 is 2.61 bits per heavy atom. The predicted octanol–water partition coefficient (Wildman–Crippen LogP) is 2.05. The lowest BCUT2D eigenvalue weighted by molar-refractivity contribution is -0.141. The van der Waals surface area contributed by atoms with Gasteiger partial charge >= 0.3 is 6.18 Å². The van der Waals surface area contributed by atoms with E-state index in [4.69, 9.17) is 0 Å². The van der Waals surface area contributed by atoms with Crippen molar-refractivity contribution in [3.05, 3.63) is 17.8 Å². The van der Waals surface area contributed by atoms with E-state index in [1.165, 1.54) is 6.07 Å². The van der Waals surface area contributed by atoms with E-state index < -0.39 is 11.9 Å². The summed E-state index contributed by atoms with van der Waals surface area (Å²) < 4.78 is 37.0. The van der Waals surface area contributed by atoms with Crippen molar-refractivity contribution in [2.45, 2.75) is 31.5 Å². The van der Waals surface area contributed by atoms with Crippen molar-refractivity contribution in [3.8, 4) is 0 Å². The molecule has 0 bridgehead atoms. The van der Waals surface area contributed by atoms with Crippen LogP contribution in [0.15, 0.2) is 12.1 Å². The van der Waals surface area contributed by atoms with Gasteiger partial charge in [0.05, 0.1) is 6.04 Å². The van der Waals surface area contributed by atoms with Crippen LogP contribution in [-0.4, -0.2) is 29.1 Å². The number of carbonyl (C=O) groups is 1. The van der Waals surface area contributed by atoms with Crippen LogP contribution in [0.25, 0.3) is 0 Å². The smallest absolute Gasteiger partial charge is 0.345 e. The van der Waals surface area contributed by atoms with E-state index in [9.17, 15) is 18.0 Å². The summed E-state index contributed by atoms with van der Waals surface area (Å²) in [6, 6.07) is 1.83. The Labute approximate surface area is 102 Å². The van der Waals surface area contributed by atoms with Gasteiger partial charge in [-0.15, -0.1) is 10.2 Å². The van der Waals surface area contributed by atoms with E-state index in [-0.39, 0.29) is 6.04 Å². The van der Waals surface area contributed by atoms with Crippen LogP contribution < -0.4 is 4.90 Å². The molecule has 0 amide bonds. The van der Waals surface area contributed by atoms with Crippen LogP contribution in [0.4, 0.5) is 19.0 Å². The van der Waals surface area contributed by atoms with E-state index >= 15 is 0 Å². The molecule has 1 fully saturated rings. The highest BCUT2D eigenvalue weighted by Crippen LogP contribution is 2.28. The highest BCUT2D eigenvalue weighted by molar-refractivity contribution is 5.65. The van der Waals surface area contributed by atoms with Crippen LogP contribution in [0, 0.1) is 0 Å². The van der Waals surface area contributed by atoms with Crippen LogP contribution in [0.3, 0.4) is 0 Å². The third-order valence-electron chi connectivity index (χ3n) is 2.94. The summed E-state index contributed by atoms with van der Waals surface area (Å²) in [5.74, 6) is 0.319. The quantitative estimate of drug-likeness (QED) is 0.763. The number of carbonyl (C=O) groups excluding carboxylic acids is 1. The zero-order chi connectivity index (χ0) is 13.2. The molecule has 2 heterocycles. The molecule has 98 valence electrons. The summed E-state index contributed by atoms with van der Waals surface area (Å²) in [5.41, 5.74) is -1.02. The number of halogens is 3. The molecule has 0 N–H and O–H groups in total. The molecule has 1 saturated heterocycles. The van der Waals surface area contributed by atoms with Gasteiger partial charge in [0, 0.05) is 6.54 Å². The molecule has 1 aromatic heterocycles. The molecule has 1 atom stereocenters. The van der Waals surface area contributed by atoms with Gasteiger partial charge in [0.2, 0.25) is 0 Å². The number of alkyl halides is 3. The second kappa shape index (κ2) is 4.91. The fourth-order valence-electron chi connectivity index (χ4n) is 2.01. The number of piperidine rings is 1. The van der Waals surface area contributed by atoms with Crippen LogP contribution in [0.2, 0.25) is 0 Å². The molecule has 1 aliphatic heterocycles. The highest BCUT2D eigenvalue weighted by Gasteiger charge is 2.33. The van der Waals surface area contributed by atoms with Crippen molar-refractivity contribution >= 4 is 12.1 Å². The standard InChI is InChI=1S/C11H12F3N3O/c12-11(13,14)9-4-5-10(16-15-9)17-6-2-1-3-8(17)7-18/h4-5,7-8H,1-3,6H2. The average Bonchev–Trinajstić information content (AvgIpc) is 2.38. The minimum absolute atomic E-state index is 0.315. The second-order valence-electron chi connectivity index (χ2n) is 4.17. The minimum atomic E-state index is -4.49. The molecule has 0 spiro atoms. The fraction of sp³-hybridized carbons (Fsp3) is 0.545. The summed E-state index contributed by atoms with van der Waals surface area (Å²) in [6.07, 6.45) is -1.15. The predicted molar refractivity (Wildman–Crippen MR) is 58.1 cm³/mol. The van der Waals surface area contributed by atoms with Gasteiger partial charge < -0.3 is 9.69 Å². The second-order valence-corrected chi connectivity index (χ2v) is 4.17. The third kappa shape index (κ3) is 2.60. The van der Waals surface area contributed by atoms with E-state index in [2.05, 4.69) is 10.2 Å². The first-order chi connectivity index (χ1) is 8.52. The van der Waals surface area contributed by atoms with Crippen molar-refractivity contribution in [2.75, 3.05) is 11.4 Å². The van der Waals surface area contributed by atoms with Gasteiger partial charge in [0.25, 0.3) is 0 Å². The third-order valence-corrected chi connectivity index (χ3v) is 2.94. The fourth-order valence-corrected chi connectivity index (χ4v) is 2.01. The first-order valence-electron chi connectivity index (χ1n) is 5.65. The Morgan fingerprint density at radius 2 is 2.06 bits per heavy atom. The van der Waals surface area contributed by atoms with Gasteiger partial charge in [-0.2, -0.15) is 13.2 Å². The topological polar surface area (TPSA) is 46.1 Å². The van der Waals surface area contributed by atoms with E-state index in [0.29, 0.717) is 18.8 Å². The van der Waals surface area contributed by atoms with E-state index in [1.807, 2.05) is 0 Å². The van der Waals surface area contributed by atoms with E-state index in [0.717, 1.165) is 25.2 Å². The van der Waals surface area contributed by atoms with Gasteiger partial charge in [-0.3, -0.25) is 0 Å². The molecule has 0 aliphatic carbocycles. The molecule has 1 aliphatic rings. The lowest BCUT2D eigenvalue weighted by Crippen LogP contribution is -2.41. The zero-order valence-electron chi connectivity index (χ0n) is 9.52. The molecule has 0 radical (unpaired) electrons. The van der Waals surface area contributed by atoms with Crippen LogP contribution >= 0.6 is 0 Å². The van der Waals surface area contributed by atoms with E-state index in [1.54, 1.807) is 4.90 Å². The van der Waals surface area contributed by atoms with Gasteiger partial charge in [-0.05, 0) is 31.4 Å². The summed E-state index contributed by atoms with van der Waals surface area (Å²) >= 11 is 0. The van der Waals surface area contributed by atoms with Crippen LogP contribution in [-0.2, 0) is 11.0 Å². The number of hydrogen-bond acceptors (Lipinski definition) is 4. The Kier molecular flexibility index (Phi) is 3.49. The molecule has 7 heteroatoms. The molecule has 1 unspecified atom stereocenters.